The molecule has 2 atom stereocenters. The fraction of sp³-hybridized carbons (Fsp3) is 0.368. The Morgan fingerprint density at radius 1 is 1.38 bits per heavy atom. The van der Waals surface area contributed by atoms with Crippen molar-refractivity contribution < 1.29 is 14.6 Å². The molecule has 0 spiro atoms. The molecule has 0 amide bonds. The molecule has 1 aromatic rings. The molecule has 0 aliphatic heterocycles. The van der Waals surface area contributed by atoms with E-state index in [1.54, 1.807) is 44.0 Å². The van der Waals surface area contributed by atoms with Crippen LogP contribution >= 0.6 is 0 Å². The van der Waals surface area contributed by atoms with Crippen molar-refractivity contribution in [1.82, 2.24) is 0 Å². The third-order valence-electron chi connectivity index (χ3n) is 3.58. The maximum absolute atomic E-state index is 11.9. The second-order valence-corrected chi connectivity index (χ2v) is 5.20. The van der Waals surface area contributed by atoms with E-state index in [0.29, 0.717) is 12.1 Å². The van der Waals surface area contributed by atoms with Crippen LogP contribution in [0.2, 0.25) is 0 Å². The summed E-state index contributed by atoms with van der Waals surface area (Å²) >= 11 is 0. The molecule has 5 heteroatoms. The molecule has 0 aliphatic carbocycles. The monoisotopic (exact) mass is 328 g/mol. The van der Waals surface area contributed by atoms with Crippen molar-refractivity contribution in [2.24, 2.45) is 5.92 Å². The fourth-order valence-corrected chi connectivity index (χ4v) is 2.14. The molecule has 1 N–H and O–H groups in total. The fourth-order valence-electron chi connectivity index (χ4n) is 2.14. The summed E-state index contributed by atoms with van der Waals surface area (Å²) in [5.41, 5.74) is 1.31. The van der Waals surface area contributed by atoms with Gasteiger partial charge in [0.15, 0.2) is 0 Å². The molecule has 0 radical (unpaired) electrons. The highest BCUT2D eigenvalue weighted by atomic mass is 16.5. The molecule has 0 fully saturated rings. The van der Waals surface area contributed by atoms with E-state index in [9.17, 15) is 15.2 Å². The molecule has 2 unspecified atom stereocenters. The number of esters is 1. The zero-order valence-electron chi connectivity index (χ0n) is 14.3. The van der Waals surface area contributed by atoms with Gasteiger partial charge in [-0.05, 0) is 31.6 Å². The van der Waals surface area contributed by atoms with Crippen LogP contribution in [0.25, 0.3) is 0 Å². The van der Waals surface area contributed by atoms with Crippen molar-refractivity contribution in [2.75, 3.05) is 18.6 Å². The first-order chi connectivity index (χ1) is 11.5. The average Bonchev–Trinajstić information content (AvgIpc) is 2.61. The lowest BCUT2D eigenvalue weighted by Gasteiger charge is -2.18. The van der Waals surface area contributed by atoms with Gasteiger partial charge >= 0.3 is 5.97 Å². The molecule has 24 heavy (non-hydrogen) atoms. The lowest BCUT2D eigenvalue weighted by atomic mass is 10.00. The number of hydrogen-bond donors (Lipinski definition) is 1. The number of allylic oxidation sites excluding steroid dienone is 3. The van der Waals surface area contributed by atoms with Crippen molar-refractivity contribution in [3.63, 3.8) is 0 Å². The van der Waals surface area contributed by atoms with Gasteiger partial charge in [0.05, 0.1) is 12.7 Å². The van der Waals surface area contributed by atoms with Gasteiger partial charge in [-0.15, -0.1) is 0 Å². The SMILES string of the molecule is CCOC(=O)C(/C=C/C=C(/C#N)N(C)c1ccccc1)C(O)CC. The highest BCUT2D eigenvalue weighted by Crippen LogP contribution is 2.17. The Hall–Kier alpha value is -2.58. The summed E-state index contributed by atoms with van der Waals surface area (Å²) in [6.07, 6.45) is 4.42. The number of anilines is 1. The Morgan fingerprint density at radius 2 is 2.04 bits per heavy atom. The molecular formula is C19H24N2O3. The van der Waals surface area contributed by atoms with Crippen LogP contribution in [-0.2, 0) is 9.53 Å². The van der Waals surface area contributed by atoms with Crippen LogP contribution in [0.4, 0.5) is 5.69 Å². The Labute approximate surface area is 143 Å². The number of nitriles is 1. The van der Waals surface area contributed by atoms with Crippen LogP contribution in [0.3, 0.4) is 0 Å². The summed E-state index contributed by atoms with van der Waals surface area (Å²) in [5.74, 6) is -1.21. The standard InChI is InChI=1S/C19H24N2O3/c1-4-18(22)17(19(23)24-5-2)13-9-12-16(14-20)21(3)15-10-7-6-8-11-15/h6-13,17-18,22H,4-5H2,1-3H3/b13-9+,16-12-. The predicted molar refractivity (Wildman–Crippen MR) is 94.1 cm³/mol. The first-order valence-corrected chi connectivity index (χ1v) is 7.97. The van der Waals surface area contributed by atoms with Gasteiger partial charge in [-0.3, -0.25) is 4.79 Å². The molecular weight excluding hydrogens is 304 g/mol. The summed E-state index contributed by atoms with van der Waals surface area (Å²) in [6, 6.07) is 11.6. The van der Waals surface area contributed by atoms with E-state index in [2.05, 4.69) is 6.07 Å². The third-order valence-corrected chi connectivity index (χ3v) is 3.58. The van der Waals surface area contributed by atoms with Crippen LogP contribution < -0.4 is 4.90 Å². The predicted octanol–water partition coefficient (Wildman–Crippen LogP) is 3.04. The van der Waals surface area contributed by atoms with E-state index in [1.165, 1.54) is 0 Å². The average molecular weight is 328 g/mol. The molecule has 0 aliphatic rings. The third kappa shape index (κ3) is 5.56. The molecule has 1 aromatic carbocycles. The first kappa shape index (κ1) is 19.5. The van der Waals surface area contributed by atoms with Gasteiger partial charge in [0, 0.05) is 12.7 Å². The normalized spacial score (nSPS) is 14.0. The highest BCUT2D eigenvalue weighted by Gasteiger charge is 2.23. The number of aliphatic hydroxyl groups is 1. The van der Waals surface area contributed by atoms with Gasteiger partial charge in [0.2, 0.25) is 0 Å². The van der Waals surface area contributed by atoms with Crippen molar-refractivity contribution in [3.05, 3.63) is 54.3 Å². The topological polar surface area (TPSA) is 73.6 Å². The summed E-state index contributed by atoms with van der Waals surface area (Å²) in [7, 11) is 1.79. The maximum Gasteiger partial charge on any atom is 0.315 e. The van der Waals surface area contributed by atoms with Crippen molar-refractivity contribution >= 4 is 11.7 Å². The first-order valence-electron chi connectivity index (χ1n) is 7.97. The van der Waals surface area contributed by atoms with Gasteiger partial charge in [-0.1, -0.05) is 37.3 Å². The van der Waals surface area contributed by atoms with Crippen LogP contribution in [-0.4, -0.2) is 30.8 Å². The number of rotatable bonds is 8. The molecule has 5 nitrogen and oxygen atoms in total. The van der Waals surface area contributed by atoms with Crippen LogP contribution in [0.1, 0.15) is 20.3 Å². The van der Waals surface area contributed by atoms with E-state index in [4.69, 9.17) is 4.74 Å². The second-order valence-electron chi connectivity index (χ2n) is 5.20. The highest BCUT2D eigenvalue weighted by molar-refractivity contribution is 5.75. The Kier molecular flexibility index (Phi) is 8.31. The van der Waals surface area contributed by atoms with Gasteiger partial charge < -0.3 is 14.7 Å². The van der Waals surface area contributed by atoms with E-state index in [-0.39, 0.29) is 6.61 Å². The zero-order valence-corrected chi connectivity index (χ0v) is 14.3. The Bertz CT molecular complexity index is 617. The summed E-state index contributed by atoms with van der Waals surface area (Å²) in [4.78, 5) is 13.7. The van der Waals surface area contributed by atoms with Crippen LogP contribution in [0, 0.1) is 17.2 Å². The molecule has 128 valence electrons. The zero-order chi connectivity index (χ0) is 17.9. The van der Waals surface area contributed by atoms with Crippen molar-refractivity contribution in [3.8, 4) is 6.07 Å². The van der Waals surface area contributed by atoms with Crippen molar-refractivity contribution in [2.45, 2.75) is 26.4 Å². The lowest BCUT2D eigenvalue weighted by Crippen LogP contribution is -2.27. The number of carbonyl (C=O) groups is 1. The van der Waals surface area contributed by atoms with Crippen LogP contribution in [0.5, 0.6) is 0 Å². The maximum atomic E-state index is 11.9. The number of nitrogens with zero attached hydrogens (tertiary/aromatic N) is 2. The van der Waals surface area contributed by atoms with Gasteiger partial charge in [0.1, 0.15) is 17.7 Å². The van der Waals surface area contributed by atoms with Crippen molar-refractivity contribution in [1.29, 1.82) is 5.26 Å². The lowest BCUT2D eigenvalue weighted by molar-refractivity contribution is -0.149. The Balaban J connectivity index is 2.93. The number of ether oxygens (including phenoxy) is 1. The minimum atomic E-state index is -0.814. The molecule has 0 bridgehead atoms. The number of para-hydroxylation sites is 1. The number of benzene rings is 1. The molecule has 1 rings (SSSR count). The Morgan fingerprint density at radius 3 is 2.58 bits per heavy atom. The summed E-state index contributed by atoms with van der Waals surface area (Å²) < 4.78 is 4.98. The quantitative estimate of drug-likeness (QED) is 0.451. The van der Waals surface area contributed by atoms with E-state index < -0.39 is 18.0 Å². The van der Waals surface area contributed by atoms with E-state index in [1.807, 2.05) is 30.3 Å². The second kappa shape index (κ2) is 10.2. The molecule has 0 aromatic heterocycles. The van der Waals surface area contributed by atoms with Gasteiger partial charge in [0.25, 0.3) is 0 Å². The molecule has 0 saturated heterocycles. The van der Waals surface area contributed by atoms with Gasteiger partial charge in [-0.2, -0.15) is 5.26 Å². The smallest absolute Gasteiger partial charge is 0.315 e. The number of aliphatic hydroxyl groups excluding tert-OH is 1. The van der Waals surface area contributed by atoms with E-state index in [0.717, 1.165) is 5.69 Å². The number of hydrogen-bond acceptors (Lipinski definition) is 5. The van der Waals surface area contributed by atoms with E-state index >= 15 is 0 Å². The number of carbonyl (C=O) groups excluding carboxylic acids is 1. The summed E-state index contributed by atoms with van der Waals surface area (Å²) in [6.45, 7) is 3.78. The van der Waals surface area contributed by atoms with Gasteiger partial charge in [-0.25, -0.2) is 0 Å². The van der Waals surface area contributed by atoms with Crippen LogP contribution in [0.15, 0.2) is 54.3 Å². The largest absolute Gasteiger partial charge is 0.465 e. The minimum Gasteiger partial charge on any atom is -0.465 e. The molecule has 0 heterocycles. The summed E-state index contributed by atoms with van der Waals surface area (Å²) in [5, 5.41) is 19.3. The molecule has 0 saturated carbocycles. The minimum absolute atomic E-state index is 0.260.